The van der Waals surface area contributed by atoms with Gasteiger partial charge in [0.2, 0.25) is 0 Å². The first-order valence-corrected chi connectivity index (χ1v) is 7.60. The molecule has 0 amide bonds. The summed E-state index contributed by atoms with van der Waals surface area (Å²) < 4.78 is 13.8. The molecule has 1 N–H and O–H groups in total. The Morgan fingerprint density at radius 3 is 2.52 bits per heavy atom. The molecule has 0 saturated carbocycles. The van der Waals surface area contributed by atoms with Gasteiger partial charge in [0, 0.05) is 5.92 Å². The second-order valence-electron chi connectivity index (χ2n) is 6.11. The van der Waals surface area contributed by atoms with E-state index in [4.69, 9.17) is 0 Å². The van der Waals surface area contributed by atoms with E-state index in [1.807, 2.05) is 6.07 Å². The van der Waals surface area contributed by atoms with Gasteiger partial charge in [0.15, 0.2) is 0 Å². The highest BCUT2D eigenvalue weighted by Crippen LogP contribution is 2.40. The van der Waals surface area contributed by atoms with Crippen molar-refractivity contribution in [2.24, 2.45) is 0 Å². The lowest BCUT2D eigenvalue weighted by Crippen LogP contribution is -2.17. The number of hydrogen-bond donors (Lipinski definition) is 1. The number of aliphatic hydroxyl groups is 1. The van der Waals surface area contributed by atoms with Crippen molar-refractivity contribution >= 4 is 0 Å². The molecule has 2 aromatic rings. The molecule has 2 atom stereocenters. The zero-order chi connectivity index (χ0) is 15.0. The minimum Gasteiger partial charge on any atom is -0.388 e. The summed E-state index contributed by atoms with van der Waals surface area (Å²) in [5, 5.41) is 10.8. The Morgan fingerprint density at radius 1 is 1.14 bits per heavy atom. The topological polar surface area (TPSA) is 20.2 Å². The van der Waals surface area contributed by atoms with Gasteiger partial charge in [0.25, 0.3) is 0 Å². The van der Waals surface area contributed by atoms with Crippen LogP contribution >= 0.6 is 0 Å². The highest BCUT2D eigenvalue weighted by molar-refractivity contribution is 5.38. The number of fused-ring (bicyclic) bond motifs is 1. The molecular formula is C19H21FO. The average molecular weight is 284 g/mol. The van der Waals surface area contributed by atoms with Gasteiger partial charge in [0.05, 0.1) is 6.10 Å². The molecule has 1 aliphatic carbocycles. The van der Waals surface area contributed by atoms with E-state index in [-0.39, 0.29) is 11.7 Å². The highest BCUT2D eigenvalue weighted by atomic mass is 19.1. The summed E-state index contributed by atoms with van der Waals surface area (Å²) in [4.78, 5) is 0. The highest BCUT2D eigenvalue weighted by Gasteiger charge is 2.28. The first-order chi connectivity index (χ1) is 10.1. The molecule has 0 radical (unpaired) electrons. The van der Waals surface area contributed by atoms with E-state index in [9.17, 15) is 9.50 Å². The van der Waals surface area contributed by atoms with E-state index in [1.54, 1.807) is 26.0 Å². The number of rotatable bonds is 2. The van der Waals surface area contributed by atoms with Gasteiger partial charge in [0.1, 0.15) is 5.82 Å². The Bertz CT molecular complexity index is 639. The van der Waals surface area contributed by atoms with Crippen LogP contribution in [0.15, 0.2) is 36.4 Å². The maximum absolute atomic E-state index is 13.8. The van der Waals surface area contributed by atoms with Gasteiger partial charge in [-0.2, -0.15) is 0 Å². The van der Waals surface area contributed by atoms with E-state index in [1.165, 1.54) is 11.1 Å². The summed E-state index contributed by atoms with van der Waals surface area (Å²) in [6, 6.07) is 11.9. The second kappa shape index (κ2) is 5.61. The molecule has 1 aliphatic rings. The molecule has 2 aromatic carbocycles. The molecule has 0 saturated heterocycles. The van der Waals surface area contributed by atoms with Crippen LogP contribution in [0.25, 0.3) is 0 Å². The van der Waals surface area contributed by atoms with E-state index in [0.717, 1.165) is 24.8 Å². The van der Waals surface area contributed by atoms with Crippen LogP contribution in [0.5, 0.6) is 0 Å². The zero-order valence-electron chi connectivity index (χ0n) is 12.6. The fourth-order valence-corrected chi connectivity index (χ4v) is 3.50. The van der Waals surface area contributed by atoms with Crippen LogP contribution in [0.4, 0.5) is 4.39 Å². The van der Waals surface area contributed by atoms with Crippen molar-refractivity contribution in [1.29, 1.82) is 0 Å². The molecule has 21 heavy (non-hydrogen) atoms. The van der Waals surface area contributed by atoms with Gasteiger partial charge < -0.3 is 5.11 Å². The third kappa shape index (κ3) is 2.60. The van der Waals surface area contributed by atoms with E-state index < -0.39 is 6.10 Å². The molecule has 0 aromatic heterocycles. The summed E-state index contributed by atoms with van der Waals surface area (Å²) in [6.07, 6.45) is 2.59. The Kier molecular flexibility index (Phi) is 3.81. The van der Waals surface area contributed by atoms with Gasteiger partial charge in [-0.15, -0.1) is 0 Å². The second-order valence-corrected chi connectivity index (χ2v) is 6.11. The van der Waals surface area contributed by atoms with Gasteiger partial charge in [-0.05, 0) is 60.9 Å². The number of halogens is 1. The molecule has 110 valence electrons. The van der Waals surface area contributed by atoms with Crippen molar-refractivity contribution in [2.45, 2.75) is 45.1 Å². The monoisotopic (exact) mass is 284 g/mol. The molecule has 0 bridgehead atoms. The number of hydrogen-bond acceptors (Lipinski definition) is 1. The molecule has 0 aliphatic heterocycles. The largest absolute Gasteiger partial charge is 0.388 e. The first-order valence-electron chi connectivity index (χ1n) is 7.60. The van der Waals surface area contributed by atoms with Crippen LogP contribution < -0.4 is 0 Å². The van der Waals surface area contributed by atoms with E-state index in [0.29, 0.717) is 11.1 Å². The lowest BCUT2D eigenvalue weighted by molar-refractivity contribution is 0.136. The average Bonchev–Trinajstić information content (AvgIpc) is 2.51. The summed E-state index contributed by atoms with van der Waals surface area (Å²) >= 11 is 0. The molecule has 2 unspecified atom stereocenters. The van der Waals surface area contributed by atoms with Crippen LogP contribution in [0.3, 0.4) is 0 Å². The predicted molar refractivity (Wildman–Crippen MR) is 83.0 cm³/mol. The maximum atomic E-state index is 13.8. The van der Waals surface area contributed by atoms with Crippen molar-refractivity contribution in [3.63, 3.8) is 0 Å². The smallest absolute Gasteiger partial charge is 0.129 e. The maximum Gasteiger partial charge on any atom is 0.129 e. The minimum absolute atomic E-state index is 0.110. The van der Waals surface area contributed by atoms with Crippen molar-refractivity contribution in [3.05, 3.63) is 70.0 Å². The Morgan fingerprint density at radius 2 is 1.81 bits per heavy atom. The Labute approximate surface area is 125 Å². The molecule has 0 fully saturated rings. The molecule has 2 heteroatoms. The van der Waals surface area contributed by atoms with Crippen LogP contribution in [-0.2, 0) is 6.42 Å². The van der Waals surface area contributed by atoms with E-state index in [2.05, 4.69) is 18.2 Å². The van der Waals surface area contributed by atoms with E-state index >= 15 is 0 Å². The molecule has 3 rings (SSSR count). The number of aliphatic hydroxyl groups excluding tert-OH is 1. The van der Waals surface area contributed by atoms with Crippen molar-refractivity contribution in [2.75, 3.05) is 0 Å². The van der Waals surface area contributed by atoms with Gasteiger partial charge in [-0.25, -0.2) is 4.39 Å². The normalized spacial score (nSPS) is 19.1. The van der Waals surface area contributed by atoms with Crippen molar-refractivity contribution in [1.82, 2.24) is 0 Å². The summed E-state index contributed by atoms with van der Waals surface area (Å²) in [5.41, 5.74) is 4.62. The van der Waals surface area contributed by atoms with Crippen LogP contribution in [-0.4, -0.2) is 5.11 Å². The lowest BCUT2D eigenvalue weighted by atomic mass is 9.77. The molecule has 1 nitrogen and oxygen atoms in total. The predicted octanol–water partition coefficient (Wildman–Crippen LogP) is 4.60. The quantitative estimate of drug-likeness (QED) is 0.854. The Hall–Kier alpha value is -1.67. The fourth-order valence-electron chi connectivity index (χ4n) is 3.50. The molecular weight excluding hydrogens is 263 g/mol. The van der Waals surface area contributed by atoms with Crippen LogP contribution in [0.1, 0.15) is 52.7 Å². The van der Waals surface area contributed by atoms with Gasteiger partial charge in [-0.3, -0.25) is 0 Å². The van der Waals surface area contributed by atoms with Crippen LogP contribution in [0.2, 0.25) is 0 Å². The molecule has 0 heterocycles. The zero-order valence-corrected chi connectivity index (χ0v) is 12.6. The molecule has 0 spiro atoms. The summed E-state index contributed by atoms with van der Waals surface area (Å²) in [5.74, 6) is -0.0609. The number of benzene rings is 2. The van der Waals surface area contributed by atoms with Gasteiger partial charge >= 0.3 is 0 Å². The Balaban J connectivity index is 1.98. The van der Waals surface area contributed by atoms with Crippen molar-refractivity contribution < 1.29 is 9.50 Å². The summed E-state index contributed by atoms with van der Waals surface area (Å²) in [6.45, 7) is 3.51. The minimum atomic E-state index is -0.565. The third-order valence-electron chi connectivity index (χ3n) is 4.60. The summed E-state index contributed by atoms with van der Waals surface area (Å²) in [7, 11) is 0. The third-order valence-corrected chi connectivity index (χ3v) is 4.60. The first kappa shape index (κ1) is 14.3. The van der Waals surface area contributed by atoms with Crippen LogP contribution in [0, 0.1) is 19.7 Å². The fraction of sp³-hybridized carbons (Fsp3) is 0.368. The lowest BCUT2D eigenvalue weighted by Gasteiger charge is -2.30. The van der Waals surface area contributed by atoms with Gasteiger partial charge in [-0.1, -0.05) is 36.4 Å². The van der Waals surface area contributed by atoms with Crippen molar-refractivity contribution in [3.8, 4) is 0 Å². The standard InChI is InChI=1S/C19H21FO/c1-12-10-15(11-13(2)18(12)20)19(21)17-9-5-7-14-6-3-4-8-16(14)17/h3-4,6,8,10-11,17,19,21H,5,7,9H2,1-2H3. The SMILES string of the molecule is Cc1cc(C(O)C2CCCc3ccccc32)cc(C)c1F. The number of aryl methyl sites for hydroxylation is 3.